The van der Waals surface area contributed by atoms with Crippen LogP contribution in [0.25, 0.3) is 5.00 Å². The molecule has 158 valence electrons. The van der Waals surface area contributed by atoms with E-state index in [-0.39, 0.29) is 6.54 Å². The fourth-order valence-electron chi connectivity index (χ4n) is 2.78. The quantitative estimate of drug-likeness (QED) is 0.454. The first-order valence-corrected chi connectivity index (χ1v) is 10.4. The molecule has 0 fully saturated rings. The zero-order valence-electron chi connectivity index (χ0n) is 16.6. The van der Waals surface area contributed by atoms with Crippen LogP contribution in [0.3, 0.4) is 0 Å². The summed E-state index contributed by atoms with van der Waals surface area (Å²) in [6.07, 6.45) is 0. The standard InChI is InChI=1S/C21H19N5O4S/c1-2-29-15-9-11-16(12-10-15)30-18-7-4-3-6-17(18)22-19(27)14-25-21(28)26(24-23-25)20-8-5-13-31-20/h3-13H,2,14H2,1H3,(H,22,27). The Labute approximate surface area is 181 Å². The van der Waals surface area contributed by atoms with Gasteiger partial charge in [0, 0.05) is 0 Å². The van der Waals surface area contributed by atoms with Gasteiger partial charge in [0.15, 0.2) is 5.75 Å². The van der Waals surface area contributed by atoms with E-state index in [4.69, 9.17) is 9.47 Å². The summed E-state index contributed by atoms with van der Waals surface area (Å²) in [7, 11) is 0. The fourth-order valence-corrected chi connectivity index (χ4v) is 3.45. The summed E-state index contributed by atoms with van der Waals surface area (Å²) in [6.45, 7) is 2.22. The molecule has 0 unspecified atom stereocenters. The number of rotatable bonds is 8. The smallest absolute Gasteiger partial charge is 0.369 e. The van der Waals surface area contributed by atoms with E-state index in [0.717, 1.165) is 15.1 Å². The lowest BCUT2D eigenvalue weighted by atomic mass is 10.2. The van der Waals surface area contributed by atoms with Crippen molar-refractivity contribution in [1.29, 1.82) is 0 Å². The van der Waals surface area contributed by atoms with Crippen molar-refractivity contribution in [2.75, 3.05) is 11.9 Å². The minimum absolute atomic E-state index is 0.276. The van der Waals surface area contributed by atoms with E-state index in [1.54, 1.807) is 48.5 Å². The van der Waals surface area contributed by atoms with Crippen LogP contribution in [0, 0.1) is 0 Å². The number of ether oxygens (including phenoxy) is 2. The number of amides is 1. The van der Waals surface area contributed by atoms with Crippen molar-refractivity contribution in [1.82, 2.24) is 19.8 Å². The fraction of sp³-hybridized carbons (Fsp3) is 0.143. The molecule has 4 rings (SSSR count). The number of hydrogen-bond donors (Lipinski definition) is 1. The van der Waals surface area contributed by atoms with Gasteiger partial charge in [-0.25, -0.2) is 4.79 Å². The molecular formula is C21H19N5O4S. The number of nitrogens with one attached hydrogen (secondary N) is 1. The van der Waals surface area contributed by atoms with Gasteiger partial charge in [0.2, 0.25) is 5.91 Å². The van der Waals surface area contributed by atoms with Crippen LogP contribution in [-0.4, -0.2) is 32.3 Å². The molecule has 10 heteroatoms. The summed E-state index contributed by atoms with van der Waals surface area (Å²) in [5.74, 6) is 1.38. The predicted molar refractivity (Wildman–Crippen MR) is 116 cm³/mol. The van der Waals surface area contributed by atoms with Gasteiger partial charge in [0.05, 0.1) is 12.3 Å². The summed E-state index contributed by atoms with van der Waals surface area (Å²) in [4.78, 5) is 25.0. The van der Waals surface area contributed by atoms with E-state index in [1.807, 2.05) is 24.4 Å². The first-order valence-electron chi connectivity index (χ1n) is 9.50. The number of hydrogen-bond acceptors (Lipinski definition) is 7. The molecule has 0 saturated heterocycles. The summed E-state index contributed by atoms with van der Waals surface area (Å²) in [6, 6.07) is 17.8. The van der Waals surface area contributed by atoms with Gasteiger partial charge < -0.3 is 14.8 Å². The summed E-state index contributed by atoms with van der Waals surface area (Å²) < 4.78 is 13.5. The molecule has 0 radical (unpaired) electrons. The first kappa shape index (κ1) is 20.4. The SMILES string of the molecule is CCOc1ccc(Oc2ccccc2NC(=O)Cn2nnn(-c3cccs3)c2=O)cc1. The average molecular weight is 437 g/mol. The second kappa shape index (κ2) is 9.26. The zero-order chi connectivity index (χ0) is 21.6. The number of thiophene rings is 1. The van der Waals surface area contributed by atoms with Crippen molar-refractivity contribution < 1.29 is 14.3 Å². The number of anilines is 1. The number of carbonyl (C=O) groups excluding carboxylic acids is 1. The van der Waals surface area contributed by atoms with E-state index in [0.29, 0.717) is 28.8 Å². The van der Waals surface area contributed by atoms with Crippen LogP contribution in [0.5, 0.6) is 17.2 Å². The molecule has 0 aliphatic rings. The molecule has 0 saturated carbocycles. The highest BCUT2D eigenvalue weighted by molar-refractivity contribution is 7.12. The molecule has 9 nitrogen and oxygen atoms in total. The van der Waals surface area contributed by atoms with Crippen molar-refractivity contribution in [3.63, 3.8) is 0 Å². The number of carbonyl (C=O) groups is 1. The number of nitrogens with zero attached hydrogens (tertiary/aromatic N) is 4. The Balaban J connectivity index is 1.45. The molecule has 4 aromatic rings. The molecule has 31 heavy (non-hydrogen) atoms. The minimum Gasteiger partial charge on any atom is -0.494 e. The number of aromatic nitrogens is 4. The largest absolute Gasteiger partial charge is 0.494 e. The van der Waals surface area contributed by atoms with Crippen LogP contribution >= 0.6 is 11.3 Å². The maximum Gasteiger partial charge on any atom is 0.369 e. The lowest BCUT2D eigenvalue weighted by Crippen LogP contribution is -2.29. The number of para-hydroxylation sites is 2. The van der Waals surface area contributed by atoms with Gasteiger partial charge in [0.25, 0.3) is 0 Å². The Hall–Kier alpha value is -3.92. The van der Waals surface area contributed by atoms with Crippen LogP contribution in [-0.2, 0) is 11.3 Å². The first-order chi connectivity index (χ1) is 15.1. The summed E-state index contributed by atoms with van der Waals surface area (Å²) in [5.41, 5.74) is -0.0170. The molecular weight excluding hydrogens is 418 g/mol. The topological polar surface area (TPSA) is 100 Å². The Morgan fingerprint density at radius 1 is 1.03 bits per heavy atom. The van der Waals surface area contributed by atoms with E-state index in [1.165, 1.54) is 11.3 Å². The summed E-state index contributed by atoms with van der Waals surface area (Å²) >= 11 is 1.35. The van der Waals surface area contributed by atoms with Gasteiger partial charge >= 0.3 is 5.69 Å². The highest BCUT2D eigenvalue weighted by Crippen LogP contribution is 2.30. The molecule has 0 spiro atoms. The van der Waals surface area contributed by atoms with Crippen LogP contribution in [0.2, 0.25) is 0 Å². The molecule has 1 amide bonds. The molecule has 0 bridgehead atoms. The lowest BCUT2D eigenvalue weighted by Gasteiger charge is -2.12. The molecule has 2 aromatic heterocycles. The monoisotopic (exact) mass is 437 g/mol. The Morgan fingerprint density at radius 3 is 2.55 bits per heavy atom. The number of tetrazole rings is 1. The highest BCUT2D eigenvalue weighted by Gasteiger charge is 2.14. The third-order valence-electron chi connectivity index (χ3n) is 4.17. The van der Waals surface area contributed by atoms with E-state index in [2.05, 4.69) is 15.7 Å². The normalized spacial score (nSPS) is 10.6. The predicted octanol–water partition coefficient (Wildman–Crippen LogP) is 3.32. The van der Waals surface area contributed by atoms with Gasteiger partial charge in [-0.2, -0.15) is 9.36 Å². The van der Waals surface area contributed by atoms with Crippen LogP contribution in [0.15, 0.2) is 70.8 Å². The molecule has 2 heterocycles. The van der Waals surface area contributed by atoms with Gasteiger partial charge in [-0.3, -0.25) is 4.79 Å². The van der Waals surface area contributed by atoms with Crippen LogP contribution < -0.4 is 20.5 Å². The second-order valence-electron chi connectivity index (χ2n) is 6.33. The maximum absolute atomic E-state index is 12.5. The van der Waals surface area contributed by atoms with Gasteiger partial charge in [-0.05, 0) is 71.3 Å². The van der Waals surface area contributed by atoms with Gasteiger partial charge in [-0.15, -0.1) is 11.3 Å². The van der Waals surface area contributed by atoms with Crippen molar-refractivity contribution >= 4 is 22.9 Å². The van der Waals surface area contributed by atoms with Crippen molar-refractivity contribution in [3.05, 3.63) is 76.5 Å². The van der Waals surface area contributed by atoms with Crippen LogP contribution in [0.1, 0.15) is 6.92 Å². The number of benzene rings is 2. The second-order valence-corrected chi connectivity index (χ2v) is 7.26. The van der Waals surface area contributed by atoms with Gasteiger partial charge in [-0.1, -0.05) is 12.1 Å². The third kappa shape index (κ3) is 4.81. The summed E-state index contributed by atoms with van der Waals surface area (Å²) in [5, 5.41) is 12.8. The van der Waals surface area contributed by atoms with Crippen molar-refractivity contribution in [2.45, 2.75) is 13.5 Å². The Bertz CT molecular complexity index is 1220. The molecule has 0 atom stereocenters. The Kier molecular flexibility index (Phi) is 6.08. The zero-order valence-corrected chi connectivity index (χ0v) is 17.4. The average Bonchev–Trinajstić information content (AvgIpc) is 3.41. The minimum atomic E-state index is -0.489. The van der Waals surface area contributed by atoms with Crippen molar-refractivity contribution in [3.8, 4) is 22.2 Å². The Morgan fingerprint density at radius 2 is 1.81 bits per heavy atom. The molecule has 0 aliphatic heterocycles. The molecule has 2 aromatic carbocycles. The van der Waals surface area contributed by atoms with E-state index < -0.39 is 11.6 Å². The highest BCUT2D eigenvalue weighted by atomic mass is 32.1. The van der Waals surface area contributed by atoms with E-state index in [9.17, 15) is 9.59 Å². The van der Waals surface area contributed by atoms with Crippen molar-refractivity contribution in [2.24, 2.45) is 0 Å². The lowest BCUT2D eigenvalue weighted by molar-refractivity contribution is -0.117. The van der Waals surface area contributed by atoms with E-state index >= 15 is 0 Å². The van der Waals surface area contributed by atoms with Gasteiger partial charge in [0.1, 0.15) is 23.0 Å². The molecule has 0 aliphatic carbocycles. The molecule has 1 N–H and O–H groups in total. The third-order valence-corrected chi connectivity index (χ3v) is 5.02. The van der Waals surface area contributed by atoms with Crippen LogP contribution in [0.4, 0.5) is 5.69 Å². The maximum atomic E-state index is 12.5.